The molecule has 2 amide bonds. The van der Waals surface area contributed by atoms with Crippen molar-refractivity contribution in [2.24, 2.45) is 11.8 Å². The number of amides is 2. The molecule has 2 N–H and O–H groups in total. The largest absolute Gasteiger partial charge is 0.481 e. The fourth-order valence-electron chi connectivity index (χ4n) is 2.61. The van der Waals surface area contributed by atoms with Gasteiger partial charge >= 0.3 is 12.0 Å². The lowest BCUT2D eigenvalue weighted by atomic mass is 9.86. The molecule has 1 fully saturated rings. The van der Waals surface area contributed by atoms with E-state index >= 15 is 0 Å². The van der Waals surface area contributed by atoms with E-state index in [1.54, 1.807) is 4.90 Å². The summed E-state index contributed by atoms with van der Waals surface area (Å²) in [4.78, 5) is 24.9. The first-order valence-corrected chi connectivity index (χ1v) is 7.22. The van der Waals surface area contributed by atoms with Crippen molar-refractivity contribution in [3.05, 3.63) is 0 Å². The number of rotatable bonds is 5. The first-order chi connectivity index (χ1) is 8.93. The van der Waals surface area contributed by atoms with Gasteiger partial charge < -0.3 is 15.3 Å². The van der Waals surface area contributed by atoms with E-state index in [0.29, 0.717) is 18.9 Å². The second kappa shape index (κ2) is 7.36. The summed E-state index contributed by atoms with van der Waals surface area (Å²) in [6.45, 7) is 7.54. The van der Waals surface area contributed by atoms with Crippen molar-refractivity contribution in [3.8, 4) is 0 Å². The Balaban J connectivity index is 2.48. The third-order valence-corrected chi connectivity index (χ3v) is 3.61. The smallest absolute Gasteiger partial charge is 0.317 e. The van der Waals surface area contributed by atoms with E-state index in [4.69, 9.17) is 5.11 Å². The molecular weight excluding hydrogens is 244 g/mol. The van der Waals surface area contributed by atoms with Crippen LogP contribution in [0.5, 0.6) is 0 Å². The van der Waals surface area contributed by atoms with Gasteiger partial charge in [-0.25, -0.2) is 4.79 Å². The number of carbonyl (C=O) groups excluding carboxylic acids is 1. The molecule has 0 bridgehead atoms. The van der Waals surface area contributed by atoms with Crippen molar-refractivity contribution in [2.75, 3.05) is 13.1 Å². The minimum Gasteiger partial charge on any atom is -0.481 e. The molecule has 0 radical (unpaired) electrons. The monoisotopic (exact) mass is 270 g/mol. The summed E-state index contributed by atoms with van der Waals surface area (Å²) in [7, 11) is 0. The van der Waals surface area contributed by atoms with Gasteiger partial charge in [0.2, 0.25) is 0 Å². The normalized spacial score (nSPS) is 23.2. The topological polar surface area (TPSA) is 69.6 Å². The van der Waals surface area contributed by atoms with E-state index in [9.17, 15) is 9.59 Å². The van der Waals surface area contributed by atoms with Crippen molar-refractivity contribution < 1.29 is 14.7 Å². The molecule has 1 rings (SSSR count). The van der Waals surface area contributed by atoms with Crippen LogP contribution in [0, 0.1) is 11.8 Å². The maximum absolute atomic E-state index is 12.1. The Bertz CT molecular complexity index is 318. The molecule has 0 heterocycles. The zero-order valence-corrected chi connectivity index (χ0v) is 12.2. The Morgan fingerprint density at radius 3 is 2.58 bits per heavy atom. The second-order valence-corrected chi connectivity index (χ2v) is 5.78. The number of aliphatic carboxylic acids is 1. The third-order valence-electron chi connectivity index (χ3n) is 3.61. The molecule has 0 saturated heterocycles. The Kier molecular flexibility index (Phi) is 6.12. The van der Waals surface area contributed by atoms with E-state index in [2.05, 4.69) is 19.2 Å². The van der Waals surface area contributed by atoms with Crippen LogP contribution in [0.2, 0.25) is 0 Å². The van der Waals surface area contributed by atoms with E-state index < -0.39 is 5.97 Å². The molecule has 0 spiro atoms. The van der Waals surface area contributed by atoms with Crippen LogP contribution in [0.4, 0.5) is 4.79 Å². The van der Waals surface area contributed by atoms with Crippen LogP contribution < -0.4 is 5.32 Å². The van der Waals surface area contributed by atoms with Gasteiger partial charge in [0, 0.05) is 19.1 Å². The maximum atomic E-state index is 12.1. The molecule has 1 aliphatic rings. The minimum atomic E-state index is -0.742. The van der Waals surface area contributed by atoms with Gasteiger partial charge in [-0.3, -0.25) is 4.79 Å². The standard InChI is InChI=1S/C14H26N2O3/c1-4-16(9-10(2)3)14(19)15-12-7-5-6-11(8-12)13(17)18/h10-12H,4-9H2,1-3H3,(H,15,19)(H,17,18). The number of urea groups is 1. The number of hydrogen-bond donors (Lipinski definition) is 2. The Morgan fingerprint density at radius 1 is 1.37 bits per heavy atom. The lowest BCUT2D eigenvalue weighted by Crippen LogP contribution is -2.47. The van der Waals surface area contributed by atoms with Gasteiger partial charge in [-0.05, 0) is 32.1 Å². The molecule has 0 aromatic heterocycles. The molecule has 5 nitrogen and oxygen atoms in total. The highest BCUT2D eigenvalue weighted by molar-refractivity contribution is 5.75. The zero-order valence-electron chi connectivity index (χ0n) is 12.2. The van der Waals surface area contributed by atoms with Gasteiger partial charge in [-0.1, -0.05) is 20.3 Å². The van der Waals surface area contributed by atoms with Gasteiger partial charge in [0.25, 0.3) is 0 Å². The predicted octanol–water partition coefficient (Wildman–Crippen LogP) is 2.32. The summed E-state index contributed by atoms with van der Waals surface area (Å²) >= 11 is 0. The SMILES string of the molecule is CCN(CC(C)C)C(=O)NC1CCCC(C(=O)O)C1. The van der Waals surface area contributed by atoms with E-state index in [0.717, 1.165) is 25.8 Å². The second-order valence-electron chi connectivity index (χ2n) is 5.78. The number of hydrogen-bond acceptors (Lipinski definition) is 2. The molecule has 0 aliphatic heterocycles. The highest BCUT2D eigenvalue weighted by atomic mass is 16.4. The predicted molar refractivity (Wildman–Crippen MR) is 74.0 cm³/mol. The van der Waals surface area contributed by atoms with Gasteiger partial charge in [-0.15, -0.1) is 0 Å². The number of nitrogens with one attached hydrogen (secondary N) is 1. The number of carboxylic acid groups (broad SMARTS) is 1. The van der Waals surface area contributed by atoms with Crippen LogP contribution in [0.15, 0.2) is 0 Å². The summed E-state index contributed by atoms with van der Waals surface area (Å²) in [5.41, 5.74) is 0. The fraction of sp³-hybridized carbons (Fsp3) is 0.857. The van der Waals surface area contributed by atoms with Crippen molar-refractivity contribution in [1.29, 1.82) is 0 Å². The molecule has 2 atom stereocenters. The third kappa shape index (κ3) is 5.09. The Morgan fingerprint density at radius 2 is 2.05 bits per heavy atom. The molecule has 1 aliphatic carbocycles. The highest BCUT2D eigenvalue weighted by Crippen LogP contribution is 2.24. The van der Waals surface area contributed by atoms with Crippen molar-refractivity contribution in [2.45, 2.75) is 52.5 Å². The van der Waals surface area contributed by atoms with E-state index in [1.165, 1.54) is 0 Å². The van der Waals surface area contributed by atoms with Crippen molar-refractivity contribution in [3.63, 3.8) is 0 Å². The molecular formula is C14H26N2O3. The summed E-state index contributed by atoms with van der Waals surface area (Å²) in [5, 5.41) is 12.0. The van der Waals surface area contributed by atoms with Crippen LogP contribution in [0.3, 0.4) is 0 Å². The van der Waals surface area contributed by atoms with Gasteiger partial charge in [0.15, 0.2) is 0 Å². The van der Waals surface area contributed by atoms with Crippen LogP contribution in [0.1, 0.15) is 46.5 Å². The molecule has 2 unspecified atom stereocenters. The van der Waals surface area contributed by atoms with Crippen LogP contribution in [-0.2, 0) is 4.79 Å². The number of nitrogens with zero attached hydrogens (tertiary/aromatic N) is 1. The average Bonchev–Trinajstić information content (AvgIpc) is 2.35. The van der Waals surface area contributed by atoms with Gasteiger partial charge in [0.05, 0.1) is 5.92 Å². The molecule has 110 valence electrons. The first-order valence-electron chi connectivity index (χ1n) is 7.22. The molecule has 1 saturated carbocycles. The molecule has 0 aromatic carbocycles. The lowest BCUT2D eigenvalue weighted by Gasteiger charge is -2.30. The minimum absolute atomic E-state index is 0.00330. The number of carboxylic acids is 1. The summed E-state index contributed by atoms with van der Waals surface area (Å²) < 4.78 is 0. The summed E-state index contributed by atoms with van der Waals surface area (Å²) in [6.07, 6.45) is 3.04. The summed E-state index contributed by atoms with van der Waals surface area (Å²) in [5.74, 6) is -0.614. The maximum Gasteiger partial charge on any atom is 0.317 e. The number of carbonyl (C=O) groups is 2. The van der Waals surface area contributed by atoms with Crippen LogP contribution in [-0.4, -0.2) is 41.1 Å². The van der Waals surface area contributed by atoms with Crippen LogP contribution in [0.25, 0.3) is 0 Å². The quantitative estimate of drug-likeness (QED) is 0.805. The fourth-order valence-corrected chi connectivity index (χ4v) is 2.61. The molecule has 19 heavy (non-hydrogen) atoms. The highest BCUT2D eigenvalue weighted by Gasteiger charge is 2.28. The molecule has 5 heteroatoms. The zero-order chi connectivity index (χ0) is 14.4. The Hall–Kier alpha value is -1.26. The van der Waals surface area contributed by atoms with Crippen molar-refractivity contribution in [1.82, 2.24) is 10.2 Å². The van der Waals surface area contributed by atoms with Gasteiger partial charge in [0.1, 0.15) is 0 Å². The van der Waals surface area contributed by atoms with Crippen molar-refractivity contribution >= 4 is 12.0 Å². The lowest BCUT2D eigenvalue weighted by molar-refractivity contribution is -0.143. The van der Waals surface area contributed by atoms with E-state index in [-0.39, 0.29) is 18.0 Å². The van der Waals surface area contributed by atoms with Gasteiger partial charge in [-0.2, -0.15) is 0 Å². The summed E-state index contributed by atoms with van der Waals surface area (Å²) in [6, 6.07) is -0.0594. The average molecular weight is 270 g/mol. The Labute approximate surface area is 115 Å². The molecule has 0 aromatic rings. The van der Waals surface area contributed by atoms with E-state index in [1.807, 2.05) is 6.92 Å². The first kappa shape index (κ1) is 15.8. The van der Waals surface area contributed by atoms with Crippen LogP contribution >= 0.6 is 0 Å².